The van der Waals surface area contributed by atoms with Crippen molar-refractivity contribution in [3.63, 3.8) is 0 Å². The van der Waals surface area contributed by atoms with Crippen molar-refractivity contribution in [2.45, 2.75) is 13.0 Å². The van der Waals surface area contributed by atoms with Crippen LogP contribution in [0.5, 0.6) is 5.75 Å². The third-order valence-electron chi connectivity index (χ3n) is 4.22. The molecule has 0 bridgehead atoms. The second-order valence-electron chi connectivity index (χ2n) is 6.46. The van der Waals surface area contributed by atoms with E-state index in [9.17, 15) is 9.59 Å². The first-order chi connectivity index (χ1) is 14.4. The number of nitrogens with one attached hydrogen (secondary N) is 2. The zero-order valence-corrected chi connectivity index (χ0v) is 17.6. The molecular weight excluding hydrogens is 425 g/mol. The lowest BCUT2D eigenvalue weighted by molar-refractivity contribution is -0.129. The van der Waals surface area contributed by atoms with Gasteiger partial charge in [0.1, 0.15) is 11.8 Å². The second-order valence-corrected chi connectivity index (χ2v) is 7.25. The Labute approximate surface area is 183 Å². The highest BCUT2D eigenvalue weighted by molar-refractivity contribution is 6.43. The minimum atomic E-state index is -0.801. The monoisotopic (exact) mass is 443 g/mol. The Kier molecular flexibility index (Phi) is 7.27. The molecule has 0 radical (unpaired) electrons. The highest BCUT2D eigenvalue weighted by Crippen LogP contribution is 2.24. The molecule has 3 aromatic rings. The van der Waals surface area contributed by atoms with Gasteiger partial charge in [0.05, 0.1) is 16.3 Å². The quantitative estimate of drug-likeness (QED) is 0.424. The van der Waals surface area contributed by atoms with Crippen molar-refractivity contribution in [2.75, 3.05) is 6.61 Å². The molecule has 0 fully saturated rings. The van der Waals surface area contributed by atoms with Crippen molar-refractivity contribution in [1.82, 2.24) is 10.7 Å². The number of nitrogens with zero attached hydrogens (tertiary/aromatic N) is 1. The molecule has 0 saturated heterocycles. The van der Waals surface area contributed by atoms with Gasteiger partial charge in [-0.2, -0.15) is 5.10 Å². The lowest BCUT2D eigenvalue weighted by Gasteiger charge is -2.13. The topological polar surface area (TPSA) is 79.8 Å². The molecule has 0 unspecified atom stereocenters. The highest BCUT2D eigenvalue weighted by Gasteiger charge is 2.15. The van der Waals surface area contributed by atoms with E-state index in [0.717, 1.165) is 10.8 Å². The molecule has 0 aliphatic rings. The third-order valence-corrected chi connectivity index (χ3v) is 5.06. The van der Waals surface area contributed by atoms with Gasteiger partial charge in [0.25, 0.3) is 11.8 Å². The average Bonchev–Trinajstić information content (AvgIpc) is 2.75. The second kappa shape index (κ2) is 10.1. The van der Waals surface area contributed by atoms with E-state index >= 15 is 0 Å². The number of carbonyl (C=O) groups excluding carboxylic acids is 2. The summed E-state index contributed by atoms with van der Waals surface area (Å²) in [5, 5.41) is 9.23. The minimum Gasteiger partial charge on any atom is -0.484 e. The molecular formula is C22H19Cl2N3O3. The summed E-state index contributed by atoms with van der Waals surface area (Å²) in [5.41, 5.74) is 2.91. The first-order valence-corrected chi connectivity index (χ1v) is 9.87. The number of carbonyl (C=O) groups is 2. The van der Waals surface area contributed by atoms with Gasteiger partial charge < -0.3 is 10.1 Å². The summed E-state index contributed by atoms with van der Waals surface area (Å²) in [7, 11) is 0. The summed E-state index contributed by atoms with van der Waals surface area (Å²) in [6.45, 7) is 1.34. The molecule has 0 spiro atoms. The summed E-state index contributed by atoms with van der Waals surface area (Å²) in [5.74, 6) is -0.333. The van der Waals surface area contributed by atoms with Gasteiger partial charge in [-0.15, -0.1) is 0 Å². The van der Waals surface area contributed by atoms with Crippen LogP contribution in [0.2, 0.25) is 10.0 Å². The van der Waals surface area contributed by atoms with Crippen LogP contribution in [0.1, 0.15) is 12.5 Å². The number of hydrogen-bond acceptors (Lipinski definition) is 4. The number of amides is 2. The summed E-state index contributed by atoms with van der Waals surface area (Å²) < 4.78 is 5.52. The Morgan fingerprint density at radius 2 is 1.83 bits per heavy atom. The lowest BCUT2D eigenvalue weighted by atomic mass is 10.1. The molecule has 8 heteroatoms. The van der Waals surface area contributed by atoms with Crippen molar-refractivity contribution in [3.05, 3.63) is 76.3 Å². The summed E-state index contributed by atoms with van der Waals surface area (Å²) in [6.07, 6.45) is 1.38. The van der Waals surface area contributed by atoms with Gasteiger partial charge in [-0.1, -0.05) is 65.7 Å². The molecule has 2 N–H and O–H groups in total. The van der Waals surface area contributed by atoms with Crippen LogP contribution in [0.15, 0.2) is 65.8 Å². The van der Waals surface area contributed by atoms with Gasteiger partial charge in [-0.3, -0.25) is 9.59 Å². The maximum Gasteiger partial charge on any atom is 0.262 e. The predicted octanol–water partition coefficient (Wildman–Crippen LogP) is 4.18. The molecule has 3 aromatic carbocycles. The average molecular weight is 444 g/mol. The Bertz CT molecular complexity index is 1100. The van der Waals surface area contributed by atoms with Crippen molar-refractivity contribution in [2.24, 2.45) is 5.10 Å². The molecule has 1 atom stereocenters. The molecule has 3 rings (SSSR count). The van der Waals surface area contributed by atoms with E-state index < -0.39 is 17.9 Å². The number of benzene rings is 3. The van der Waals surface area contributed by atoms with E-state index in [4.69, 9.17) is 27.9 Å². The fourth-order valence-electron chi connectivity index (χ4n) is 2.64. The molecule has 0 heterocycles. The van der Waals surface area contributed by atoms with Gasteiger partial charge in [-0.05, 0) is 35.9 Å². The van der Waals surface area contributed by atoms with E-state index in [0.29, 0.717) is 21.4 Å². The molecule has 2 amide bonds. The van der Waals surface area contributed by atoms with Crippen molar-refractivity contribution < 1.29 is 14.3 Å². The van der Waals surface area contributed by atoms with Crippen LogP contribution in [0, 0.1) is 0 Å². The minimum absolute atomic E-state index is 0.211. The van der Waals surface area contributed by atoms with Crippen LogP contribution >= 0.6 is 23.2 Å². The third kappa shape index (κ3) is 5.72. The van der Waals surface area contributed by atoms with Crippen LogP contribution in [-0.2, 0) is 9.59 Å². The van der Waals surface area contributed by atoms with Gasteiger partial charge >= 0.3 is 0 Å². The van der Waals surface area contributed by atoms with Gasteiger partial charge in [0.15, 0.2) is 6.61 Å². The first-order valence-electron chi connectivity index (χ1n) is 9.12. The number of hydrogen-bond donors (Lipinski definition) is 2. The first kappa shape index (κ1) is 21.6. The number of hydrazone groups is 1. The zero-order valence-electron chi connectivity index (χ0n) is 16.1. The summed E-state index contributed by atoms with van der Waals surface area (Å²) in [6, 6.07) is 17.7. The van der Waals surface area contributed by atoms with E-state index in [1.54, 1.807) is 31.2 Å². The Hall–Kier alpha value is -3.09. The standard InChI is InChI=1S/C22H19Cl2N3O3/c1-14(22(29)27-25-12-17-7-4-8-19(23)21(17)24)26-20(28)13-30-18-10-9-15-5-2-3-6-16(15)11-18/h2-12,14H,13H2,1H3,(H,26,28)(H,27,29)/b25-12-/t14-/m0/s1. The predicted molar refractivity (Wildman–Crippen MR) is 119 cm³/mol. The van der Waals surface area contributed by atoms with Crippen LogP contribution in [0.25, 0.3) is 10.8 Å². The molecule has 0 aliphatic heterocycles. The van der Waals surface area contributed by atoms with E-state index in [2.05, 4.69) is 15.8 Å². The van der Waals surface area contributed by atoms with Crippen molar-refractivity contribution in [3.8, 4) is 5.75 Å². The number of ether oxygens (including phenoxy) is 1. The number of halogens is 2. The Morgan fingerprint density at radius 3 is 2.63 bits per heavy atom. The largest absolute Gasteiger partial charge is 0.484 e. The van der Waals surface area contributed by atoms with Crippen LogP contribution < -0.4 is 15.5 Å². The molecule has 0 aromatic heterocycles. The maximum absolute atomic E-state index is 12.1. The zero-order chi connectivity index (χ0) is 21.5. The van der Waals surface area contributed by atoms with Gasteiger partial charge in [-0.25, -0.2) is 5.43 Å². The van der Waals surface area contributed by atoms with Crippen molar-refractivity contribution in [1.29, 1.82) is 0 Å². The fourth-order valence-corrected chi connectivity index (χ4v) is 2.99. The molecule has 0 aliphatic carbocycles. The van der Waals surface area contributed by atoms with Gasteiger partial charge in [0.2, 0.25) is 0 Å². The lowest BCUT2D eigenvalue weighted by Crippen LogP contribution is -2.45. The van der Waals surface area contributed by atoms with Crippen LogP contribution in [0.3, 0.4) is 0 Å². The maximum atomic E-state index is 12.1. The summed E-state index contributed by atoms with van der Waals surface area (Å²) >= 11 is 12.0. The summed E-state index contributed by atoms with van der Waals surface area (Å²) in [4.78, 5) is 24.2. The molecule has 6 nitrogen and oxygen atoms in total. The fraction of sp³-hybridized carbons (Fsp3) is 0.136. The van der Waals surface area contributed by atoms with Crippen molar-refractivity contribution >= 4 is 52.0 Å². The van der Waals surface area contributed by atoms with Gasteiger partial charge in [0, 0.05) is 5.56 Å². The normalized spacial score (nSPS) is 12.0. The SMILES string of the molecule is C[C@H](NC(=O)COc1ccc2ccccc2c1)C(=O)N/N=C\c1cccc(Cl)c1Cl. The van der Waals surface area contributed by atoms with Crippen LogP contribution in [0.4, 0.5) is 0 Å². The number of fused-ring (bicyclic) bond motifs is 1. The Balaban J connectivity index is 1.47. The van der Waals surface area contributed by atoms with E-state index in [-0.39, 0.29) is 6.61 Å². The molecule has 154 valence electrons. The molecule has 30 heavy (non-hydrogen) atoms. The smallest absolute Gasteiger partial charge is 0.262 e. The molecule has 0 saturated carbocycles. The van der Waals surface area contributed by atoms with E-state index in [1.807, 2.05) is 36.4 Å². The Morgan fingerprint density at radius 1 is 1.07 bits per heavy atom. The highest BCUT2D eigenvalue weighted by atomic mass is 35.5. The van der Waals surface area contributed by atoms with E-state index in [1.165, 1.54) is 6.21 Å². The number of rotatable bonds is 7. The van der Waals surface area contributed by atoms with Crippen LogP contribution in [-0.4, -0.2) is 30.7 Å².